The molecule has 1 nitrogen and oxygen atoms in total. The van der Waals surface area contributed by atoms with Crippen LogP contribution in [0.2, 0.25) is 0 Å². The summed E-state index contributed by atoms with van der Waals surface area (Å²) in [5, 5.41) is 0. The smallest absolute Gasteiger partial charge is 0.134 e. The maximum absolute atomic E-state index is 11.0. The number of rotatable bonds is 1. The highest BCUT2D eigenvalue weighted by molar-refractivity contribution is 5.79. The molecule has 0 radical (unpaired) electrons. The van der Waals surface area contributed by atoms with Gasteiger partial charge in [0.05, 0.1) is 0 Å². The average molecular weight is 150 g/mol. The predicted octanol–water partition coefficient (Wildman–Crippen LogP) is 2.02. The van der Waals surface area contributed by atoms with Crippen molar-refractivity contribution in [2.24, 2.45) is 11.8 Å². The van der Waals surface area contributed by atoms with Crippen molar-refractivity contribution >= 4 is 5.78 Å². The van der Waals surface area contributed by atoms with Crippen molar-refractivity contribution in [1.82, 2.24) is 0 Å². The van der Waals surface area contributed by atoms with Crippen LogP contribution in [0.4, 0.5) is 0 Å². The molecule has 11 heavy (non-hydrogen) atoms. The molecule has 0 heterocycles. The topological polar surface area (TPSA) is 17.1 Å². The summed E-state index contributed by atoms with van der Waals surface area (Å²) in [7, 11) is 0. The largest absolute Gasteiger partial charge is 0.300 e. The van der Waals surface area contributed by atoms with E-state index in [1.807, 2.05) is 0 Å². The van der Waals surface area contributed by atoms with Crippen molar-refractivity contribution in [1.29, 1.82) is 0 Å². The van der Waals surface area contributed by atoms with Crippen LogP contribution in [0.5, 0.6) is 0 Å². The third-order valence-corrected chi connectivity index (χ3v) is 2.55. The molecular formula is C10H14O. The highest BCUT2D eigenvalue weighted by atomic mass is 16.1. The lowest BCUT2D eigenvalue weighted by Crippen LogP contribution is -2.23. The Hall–Kier alpha value is -0.770. The van der Waals surface area contributed by atoms with Gasteiger partial charge in [-0.1, -0.05) is 13.3 Å². The van der Waals surface area contributed by atoms with Crippen LogP contribution in [0.15, 0.2) is 0 Å². The Kier molecular flexibility index (Phi) is 2.70. The van der Waals surface area contributed by atoms with Crippen LogP contribution in [-0.4, -0.2) is 5.78 Å². The zero-order chi connectivity index (χ0) is 8.27. The standard InChI is InChI=1S/C10H14O/c1-3-8-5-6-10(11)7-9(8)4-2/h2,8-9H,3,5-7H2,1H3. The molecule has 60 valence electrons. The Balaban J connectivity index is 2.56. The van der Waals surface area contributed by atoms with Crippen LogP contribution in [0.1, 0.15) is 32.6 Å². The number of ketones is 1. The monoisotopic (exact) mass is 150 g/mol. The summed E-state index contributed by atoms with van der Waals surface area (Å²) >= 11 is 0. The molecule has 0 aromatic carbocycles. The molecule has 0 spiro atoms. The number of carbonyl (C=O) groups excluding carboxylic acids is 1. The quantitative estimate of drug-likeness (QED) is 0.522. The lowest BCUT2D eigenvalue weighted by molar-refractivity contribution is -0.121. The third kappa shape index (κ3) is 1.83. The molecule has 0 saturated heterocycles. The number of terminal acetylenes is 1. The van der Waals surface area contributed by atoms with E-state index in [0.717, 1.165) is 19.3 Å². The minimum Gasteiger partial charge on any atom is -0.300 e. The average Bonchev–Trinajstić information content (AvgIpc) is 2.04. The van der Waals surface area contributed by atoms with Gasteiger partial charge in [-0.15, -0.1) is 12.3 Å². The van der Waals surface area contributed by atoms with Gasteiger partial charge in [0.1, 0.15) is 5.78 Å². The van der Waals surface area contributed by atoms with Gasteiger partial charge in [0.25, 0.3) is 0 Å². The van der Waals surface area contributed by atoms with E-state index in [0.29, 0.717) is 18.1 Å². The zero-order valence-corrected chi connectivity index (χ0v) is 6.97. The second kappa shape index (κ2) is 3.57. The van der Waals surface area contributed by atoms with Crippen LogP contribution >= 0.6 is 0 Å². The van der Waals surface area contributed by atoms with E-state index in [4.69, 9.17) is 6.42 Å². The van der Waals surface area contributed by atoms with Gasteiger partial charge < -0.3 is 0 Å². The van der Waals surface area contributed by atoms with Crippen molar-refractivity contribution in [2.75, 3.05) is 0 Å². The first kappa shape index (κ1) is 8.33. The summed E-state index contributed by atoms with van der Waals surface area (Å²) in [4.78, 5) is 11.0. The number of hydrogen-bond acceptors (Lipinski definition) is 1. The van der Waals surface area contributed by atoms with Crippen LogP contribution in [0, 0.1) is 24.2 Å². The van der Waals surface area contributed by atoms with Crippen LogP contribution in [0.25, 0.3) is 0 Å². The van der Waals surface area contributed by atoms with E-state index >= 15 is 0 Å². The minimum atomic E-state index is 0.223. The van der Waals surface area contributed by atoms with E-state index in [1.54, 1.807) is 0 Å². The van der Waals surface area contributed by atoms with Gasteiger partial charge in [0.15, 0.2) is 0 Å². The molecule has 2 unspecified atom stereocenters. The van der Waals surface area contributed by atoms with E-state index < -0.39 is 0 Å². The summed E-state index contributed by atoms with van der Waals surface area (Å²) in [6.45, 7) is 2.14. The molecule has 0 amide bonds. The van der Waals surface area contributed by atoms with Crippen molar-refractivity contribution in [2.45, 2.75) is 32.6 Å². The molecule has 0 aromatic rings. The number of hydrogen-bond donors (Lipinski definition) is 0. The van der Waals surface area contributed by atoms with Gasteiger partial charge in [0.2, 0.25) is 0 Å². The molecule has 1 rings (SSSR count). The molecular weight excluding hydrogens is 136 g/mol. The summed E-state index contributed by atoms with van der Waals surface area (Å²) in [6, 6.07) is 0. The molecule has 1 saturated carbocycles. The predicted molar refractivity (Wildman–Crippen MR) is 45.0 cm³/mol. The molecule has 0 N–H and O–H groups in total. The minimum absolute atomic E-state index is 0.223. The van der Waals surface area contributed by atoms with Gasteiger partial charge in [-0.3, -0.25) is 4.79 Å². The fourth-order valence-corrected chi connectivity index (χ4v) is 1.75. The molecule has 1 aliphatic carbocycles. The molecule has 0 aliphatic heterocycles. The van der Waals surface area contributed by atoms with Crippen molar-refractivity contribution in [3.8, 4) is 12.3 Å². The molecule has 0 bridgehead atoms. The van der Waals surface area contributed by atoms with Crippen molar-refractivity contribution < 1.29 is 4.79 Å². The van der Waals surface area contributed by atoms with Gasteiger partial charge in [0, 0.05) is 18.8 Å². The fraction of sp³-hybridized carbons (Fsp3) is 0.700. The maximum Gasteiger partial charge on any atom is 0.134 e. The van der Waals surface area contributed by atoms with E-state index in [1.165, 1.54) is 0 Å². The second-order valence-corrected chi connectivity index (χ2v) is 3.22. The Morgan fingerprint density at radius 2 is 2.45 bits per heavy atom. The summed E-state index contributed by atoms with van der Waals surface area (Å²) < 4.78 is 0. The SMILES string of the molecule is C#CC1CC(=O)CCC1CC. The second-order valence-electron chi connectivity index (χ2n) is 3.22. The fourth-order valence-electron chi connectivity index (χ4n) is 1.75. The van der Waals surface area contributed by atoms with Crippen molar-refractivity contribution in [3.63, 3.8) is 0 Å². The van der Waals surface area contributed by atoms with Crippen LogP contribution in [0.3, 0.4) is 0 Å². The first-order chi connectivity index (χ1) is 5.27. The summed E-state index contributed by atoms with van der Waals surface area (Å²) in [5.74, 6) is 3.88. The Morgan fingerprint density at radius 3 is 3.00 bits per heavy atom. The molecule has 2 atom stereocenters. The maximum atomic E-state index is 11.0. The molecule has 0 aromatic heterocycles. The highest BCUT2D eigenvalue weighted by Crippen LogP contribution is 2.29. The zero-order valence-electron chi connectivity index (χ0n) is 6.97. The third-order valence-electron chi connectivity index (χ3n) is 2.55. The Morgan fingerprint density at radius 1 is 1.73 bits per heavy atom. The summed E-state index contributed by atoms with van der Waals surface area (Å²) in [6.07, 6.45) is 8.81. The molecule has 1 aliphatic rings. The van der Waals surface area contributed by atoms with E-state index in [2.05, 4.69) is 12.8 Å². The normalized spacial score (nSPS) is 31.5. The van der Waals surface area contributed by atoms with Gasteiger partial charge in [-0.2, -0.15) is 0 Å². The summed E-state index contributed by atoms with van der Waals surface area (Å²) in [5.41, 5.74) is 0. The van der Waals surface area contributed by atoms with E-state index in [9.17, 15) is 4.79 Å². The molecule has 1 heteroatoms. The van der Waals surface area contributed by atoms with Crippen LogP contribution in [-0.2, 0) is 4.79 Å². The lowest BCUT2D eigenvalue weighted by Gasteiger charge is -2.25. The van der Waals surface area contributed by atoms with E-state index in [-0.39, 0.29) is 5.92 Å². The van der Waals surface area contributed by atoms with Gasteiger partial charge >= 0.3 is 0 Å². The van der Waals surface area contributed by atoms with Crippen molar-refractivity contribution in [3.05, 3.63) is 0 Å². The highest BCUT2D eigenvalue weighted by Gasteiger charge is 2.26. The Labute approximate surface area is 68.2 Å². The Bertz CT molecular complexity index is 188. The molecule has 1 fully saturated rings. The first-order valence-corrected chi connectivity index (χ1v) is 4.25. The number of carbonyl (C=O) groups is 1. The first-order valence-electron chi connectivity index (χ1n) is 4.25. The van der Waals surface area contributed by atoms with Crippen LogP contribution < -0.4 is 0 Å². The van der Waals surface area contributed by atoms with Gasteiger partial charge in [-0.05, 0) is 12.3 Å². The lowest BCUT2D eigenvalue weighted by atomic mass is 9.78. The van der Waals surface area contributed by atoms with Gasteiger partial charge in [-0.25, -0.2) is 0 Å². The number of Topliss-reactive ketones (excluding diaryl/α,β-unsaturated/α-hetero) is 1.